The second-order valence-corrected chi connectivity index (χ2v) is 16.3. The van der Waals surface area contributed by atoms with E-state index in [0.29, 0.717) is 36.1 Å². The molecule has 7 atom stereocenters. The maximum atomic E-state index is 14.1. The summed E-state index contributed by atoms with van der Waals surface area (Å²) >= 11 is 0. The molecular weight excluding hydrogens is 558 g/mol. The molecule has 5 aliphatic rings. The lowest BCUT2D eigenvalue weighted by Crippen LogP contribution is -2.58. The second kappa shape index (κ2) is 11.0. The molecule has 0 radical (unpaired) electrons. The largest absolute Gasteiger partial charge is 0.360 e. The van der Waals surface area contributed by atoms with Crippen LogP contribution in [-0.4, -0.2) is 57.0 Å². The normalized spacial score (nSPS) is 34.0. The SMILES string of the molecule is Cc1noc(C)c1S(=O)(=O)N1CCC[C@@H]1c1nc2ccccc2n1C1C[C@H]2CCC[C@@H](C1)N2C1C[C@H]2CCCC[C@@H](C1)C2. The number of para-hydroxylation sites is 2. The number of fused-ring (bicyclic) bond motifs is 5. The van der Waals surface area contributed by atoms with E-state index < -0.39 is 10.0 Å². The molecule has 2 saturated carbocycles. The maximum absolute atomic E-state index is 14.1. The molecule has 0 amide bonds. The third-order valence-electron chi connectivity index (χ3n) is 11.8. The van der Waals surface area contributed by atoms with Gasteiger partial charge in [0.25, 0.3) is 0 Å². The zero-order valence-electron chi connectivity index (χ0n) is 25.8. The van der Waals surface area contributed by atoms with Crippen molar-refractivity contribution in [3.8, 4) is 0 Å². The van der Waals surface area contributed by atoms with Crippen molar-refractivity contribution in [2.45, 2.75) is 139 Å². The summed E-state index contributed by atoms with van der Waals surface area (Å²) in [5.74, 6) is 3.15. The number of imidazole rings is 1. The van der Waals surface area contributed by atoms with E-state index in [2.05, 4.69) is 38.9 Å². The van der Waals surface area contributed by atoms with Gasteiger partial charge in [-0.05, 0) is 95.6 Å². The van der Waals surface area contributed by atoms with E-state index in [1.54, 1.807) is 18.2 Å². The molecule has 5 fully saturated rings. The van der Waals surface area contributed by atoms with Crippen LogP contribution in [0.1, 0.15) is 119 Å². The predicted octanol–water partition coefficient (Wildman–Crippen LogP) is 7.08. The molecule has 8 nitrogen and oxygen atoms in total. The molecule has 5 heterocycles. The summed E-state index contributed by atoms with van der Waals surface area (Å²) in [6.45, 7) is 3.91. The molecule has 43 heavy (non-hydrogen) atoms. The van der Waals surface area contributed by atoms with Crippen LogP contribution in [0.5, 0.6) is 0 Å². The molecule has 232 valence electrons. The first-order valence-corrected chi connectivity index (χ1v) is 18.5. The van der Waals surface area contributed by atoms with Gasteiger partial charge < -0.3 is 9.09 Å². The van der Waals surface area contributed by atoms with Crippen molar-refractivity contribution in [3.05, 3.63) is 41.5 Å². The number of rotatable bonds is 5. The fourth-order valence-electron chi connectivity index (χ4n) is 10.2. The summed E-state index contributed by atoms with van der Waals surface area (Å²) in [5, 5.41) is 3.97. The number of hydrogen-bond acceptors (Lipinski definition) is 6. The molecule has 9 heteroatoms. The highest BCUT2D eigenvalue weighted by atomic mass is 32.2. The van der Waals surface area contributed by atoms with Crippen LogP contribution < -0.4 is 0 Å². The Balaban J connectivity index is 1.14. The molecule has 8 rings (SSSR count). The number of aromatic nitrogens is 3. The van der Waals surface area contributed by atoms with Crippen LogP contribution in [-0.2, 0) is 10.0 Å². The van der Waals surface area contributed by atoms with E-state index in [4.69, 9.17) is 9.51 Å². The van der Waals surface area contributed by atoms with E-state index in [1.807, 2.05) is 0 Å². The predicted molar refractivity (Wildman–Crippen MR) is 166 cm³/mol. The molecule has 1 aromatic carbocycles. The zero-order valence-corrected chi connectivity index (χ0v) is 26.6. The summed E-state index contributed by atoms with van der Waals surface area (Å²) in [6.07, 6.45) is 17.8. The monoisotopic (exact) mass is 605 g/mol. The van der Waals surface area contributed by atoms with Crippen LogP contribution in [0, 0.1) is 25.7 Å². The third kappa shape index (κ3) is 4.80. The average molecular weight is 606 g/mol. The molecular formula is C34H47N5O3S. The van der Waals surface area contributed by atoms with E-state index in [0.717, 1.165) is 60.4 Å². The molecule has 0 spiro atoms. The van der Waals surface area contributed by atoms with Gasteiger partial charge in [-0.3, -0.25) is 4.90 Å². The number of hydrogen-bond donors (Lipinski definition) is 0. The summed E-state index contributed by atoms with van der Waals surface area (Å²) in [4.78, 5) is 8.46. The second-order valence-electron chi connectivity index (χ2n) is 14.4. The van der Waals surface area contributed by atoms with Gasteiger partial charge in [0.05, 0.1) is 17.1 Å². The van der Waals surface area contributed by atoms with Crippen LogP contribution in [0.2, 0.25) is 0 Å². The first-order chi connectivity index (χ1) is 20.9. The summed E-state index contributed by atoms with van der Waals surface area (Å²) in [5.41, 5.74) is 2.56. The first-order valence-electron chi connectivity index (χ1n) is 17.1. The third-order valence-corrected chi connectivity index (χ3v) is 14.0. The number of piperidine rings is 2. The highest BCUT2D eigenvalue weighted by molar-refractivity contribution is 7.89. The van der Waals surface area contributed by atoms with Gasteiger partial charge in [-0.15, -0.1) is 0 Å². The average Bonchev–Trinajstić information content (AvgIpc) is 3.69. The Hall–Kier alpha value is -2.23. The molecule has 2 aliphatic carbocycles. The molecule has 2 unspecified atom stereocenters. The van der Waals surface area contributed by atoms with Crippen LogP contribution in [0.15, 0.2) is 33.7 Å². The van der Waals surface area contributed by atoms with Gasteiger partial charge >= 0.3 is 0 Å². The highest BCUT2D eigenvalue weighted by Gasteiger charge is 2.47. The van der Waals surface area contributed by atoms with Gasteiger partial charge in [0, 0.05) is 30.7 Å². The maximum Gasteiger partial charge on any atom is 0.249 e. The van der Waals surface area contributed by atoms with Gasteiger partial charge in [0.1, 0.15) is 16.4 Å². The smallest absolute Gasteiger partial charge is 0.249 e. The Labute approximate surface area is 256 Å². The quantitative estimate of drug-likeness (QED) is 0.309. The van der Waals surface area contributed by atoms with Crippen molar-refractivity contribution in [2.75, 3.05) is 6.54 Å². The minimum Gasteiger partial charge on any atom is -0.360 e. The van der Waals surface area contributed by atoms with Gasteiger partial charge in [-0.25, -0.2) is 13.4 Å². The summed E-state index contributed by atoms with van der Waals surface area (Å²) < 4.78 is 37.7. The van der Waals surface area contributed by atoms with Crippen molar-refractivity contribution in [3.63, 3.8) is 0 Å². The van der Waals surface area contributed by atoms with Crippen LogP contribution >= 0.6 is 0 Å². The van der Waals surface area contributed by atoms with Crippen molar-refractivity contribution < 1.29 is 12.9 Å². The first kappa shape index (κ1) is 28.3. The zero-order chi connectivity index (χ0) is 29.3. The molecule has 2 aromatic heterocycles. The van der Waals surface area contributed by atoms with E-state index >= 15 is 0 Å². The van der Waals surface area contributed by atoms with Crippen LogP contribution in [0.3, 0.4) is 0 Å². The molecule has 3 aliphatic heterocycles. The fraction of sp³-hybridized carbons (Fsp3) is 0.706. The Morgan fingerprint density at radius 3 is 2.21 bits per heavy atom. The van der Waals surface area contributed by atoms with Crippen LogP contribution in [0.25, 0.3) is 11.0 Å². The van der Waals surface area contributed by atoms with Crippen molar-refractivity contribution in [1.29, 1.82) is 0 Å². The molecule has 4 bridgehead atoms. The lowest BCUT2D eigenvalue weighted by atomic mass is 9.73. The minimum atomic E-state index is -3.77. The lowest BCUT2D eigenvalue weighted by molar-refractivity contribution is -0.0422. The van der Waals surface area contributed by atoms with Crippen molar-refractivity contribution in [1.82, 2.24) is 23.9 Å². The van der Waals surface area contributed by atoms with E-state index in [-0.39, 0.29) is 10.9 Å². The topological polar surface area (TPSA) is 84.5 Å². The number of aryl methyl sites for hydroxylation is 2. The molecule has 3 saturated heterocycles. The summed E-state index contributed by atoms with van der Waals surface area (Å²) in [7, 11) is -3.77. The highest BCUT2D eigenvalue weighted by Crippen LogP contribution is 2.48. The minimum absolute atomic E-state index is 0.220. The number of benzene rings is 1. The Bertz CT molecular complexity index is 1550. The lowest BCUT2D eigenvalue weighted by Gasteiger charge is -2.54. The molecule has 0 N–H and O–H groups in total. The van der Waals surface area contributed by atoms with Gasteiger partial charge in [-0.1, -0.05) is 49.4 Å². The van der Waals surface area contributed by atoms with Crippen LogP contribution in [0.4, 0.5) is 0 Å². The Morgan fingerprint density at radius 1 is 0.791 bits per heavy atom. The number of nitrogens with zero attached hydrogens (tertiary/aromatic N) is 5. The van der Waals surface area contributed by atoms with Crippen molar-refractivity contribution >= 4 is 21.1 Å². The Morgan fingerprint density at radius 2 is 1.51 bits per heavy atom. The van der Waals surface area contributed by atoms with E-state index in [1.165, 1.54) is 64.2 Å². The Kier molecular flexibility index (Phi) is 7.22. The molecule has 3 aromatic rings. The fourth-order valence-corrected chi connectivity index (χ4v) is 12.2. The summed E-state index contributed by atoms with van der Waals surface area (Å²) in [6, 6.07) is 10.5. The van der Waals surface area contributed by atoms with Crippen molar-refractivity contribution in [2.24, 2.45) is 11.8 Å². The van der Waals surface area contributed by atoms with Gasteiger partial charge in [0.15, 0.2) is 5.76 Å². The van der Waals surface area contributed by atoms with E-state index in [9.17, 15) is 8.42 Å². The van der Waals surface area contributed by atoms with Gasteiger partial charge in [0.2, 0.25) is 10.0 Å². The number of sulfonamides is 1. The standard InChI is InChI=1S/C34H47N5O3S/c1-22-33(23(2)42-36-22)43(40,41)37-16-8-15-32(37)34-35-30-13-5-6-14-31(30)39(34)29-20-26-11-7-12-27(21-29)38(26)28-18-24-9-3-4-10-25(17-24)19-28/h5-6,13-14,24-29,32H,3-4,7-12,15-21H2,1-2H3/t24-,25+,26-,27+,28?,29?,32-/m1/s1. The van der Waals surface area contributed by atoms with Gasteiger partial charge in [-0.2, -0.15) is 4.31 Å².